The van der Waals surface area contributed by atoms with Crippen LogP contribution < -0.4 is 16.0 Å². The number of likely N-dealkylation sites (N-methyl/N-ethyl adjacent to an activating group) is 1. The molecule has 0 heterocycles. The van der Waals surface area contributed by atoms with Crippen LogP contribution in [-0.4, -0.2) is 56.2 Å². The molecule has 3 N–H and O–H groups in total. The third-order valence-electron chi connectivity index (χ3n) is 4.71. The summed E-state index contributed by atoms with van der Waals surface area (Å²) in [4.78, 5) is 34.6. The van der Waals surface area contributed by atoms with E-state index >= 15 is 0 Å². The maximum Gasteiger partial charge on any atom is 0.251 e. The van der Waals surface area contributed by atoms with Gasteiger partial charge in [-0.1, -0.05) is 60.6 Å². The summed E-state index contributed by atoms with van der Waals surface area (Å²) in [5, 5.41) is 8.84. The Hall–Kier alpha value is -1.70. The maximum absolute atomic E-state index is 12.0. The fraction of sp³-hybridized carbons (Fsp3) is 0.654. The van der Waals surface area contributed by atoms with E-state index in [1.165, 1.54) is 0 Å². The molecule has 6 nitrogen and oxygen atoms in total. The molecule has 0 fully saturated rings. The molecular weight excluding hydrogens is 434 g/mol. The van der Waals surface area contributed by atoms with Crippen LogP contribution in [0, 0.1) is 11.3 Å². The fourth-order valence-corrected chi connectivity index (χ4v) is 3.37. The van der Waals surface area contributed by atoms with Gasteiger partial charge in [0.1, 0.15) is 6.29 Å². The average Bonchev–Trinajstić information content (AvgIpc) is 2.78. The number of Topliss-reactive ketones (excluding diaryl/α,β-unsaturated/α-hetero) is 1. The number of rotatable bonds is 11. The molecule has 190 valence electrons. The van der Waals surface area contributed by atoms with Gasteiger partial charge in [-0.25, -0.2) is 0 Å². The van der Waals surface area contributed by atoms with Crippen LogP contribution in [-0.2, 0) is 16.1 Å². The summed E-state index contributed by atoms with van der Waals surface area (Å²) >= 11 is 1.66. The molecule has 0 saturated heterocycles. The zero-order valence-electron chi connectivity index (χ0n) is 22.4. The summed E-state index contributed by atoms with van der Waals surface area (Å²) in [5.41, 5.74) is 1.46. The quantitative estimate of drug-likeness (QED) is 0.408. The molecule has 1 rings (SSSR count). The van der Waals surface area contributed by atoms with Gasteiger partial charge in [0.2, 0.25) is 0 Å². The summed E-state index contributed by atoms with van der Waals surface area (Å²) in [6, 6.07) is 6.95. The Kier molecular flexibility index (Phi) is 19.0. The third-order valence-corrected chi connectivity index (χ3v) is 5.35. The van der Waals surface area contributed by atoms with Gasteiger partial charge < -0.3 is 20.7 Å². The molecule has 1 aromatic carbocycles. The topological polar surface area (TPSA) is 87.3 Å². The van der Waals surface area contributed by atoms with Crippen LogP contribution in [0.5, 0.6) is 0 Å². The monoisotopic (exact) mass is 481 g/mol. The molecule has 33 heavy (non-hydrogen) atoms. The SMILES string of the molecule is CC.CNC(C(=O)C(C)(C)C)C(C)C.CNCc1ccc(C(=O)NC(C=O)CCSC)cc1. The lowest BCUT2D eigenvalue weighted by atomic mass is 9.82. The molecule has 7 heteroatoms. The first-order chi connectivity index (χ1) is 15.5. The van der Waals surface area contributed by atoms with Crippen molar-refractivity contribution in [2.75, 3.05) is 26.1 Å². The van der Waals surface area contributed by atoms with Crippen LogP contribution >= 0.6 is 11.8 Å². The van der Waals surface area contributed by atoms with Gasteiger partial charge in [0.05, 0.1) is 12.1 Å². The van der Waals surface area contributed by atoms with E-state index in [4.69, 9.17) is 0 Å². The van der Waals surface area contributed by atoms with Crippen LogP contribution in [0.25, 0.3) is 0 Å². The van der Waals surface area contributed by atoms with Crippen molar-refractivity contribution in [1.82, 2.24) is 16.0 Å². The van der Waals surface area contributed by atoms with E-state index in [2.05, 4.69) is 29.8 Å². The van der Waals surface area contributed by atoms with E-state index in [9.17, 15) is 14.4 Å². The Bertz CT molecular complexity index is 670. The largest absolute Gasteiger partial charge is 0.342 e. The van der Waals surface area contributed by atoms with Gasteiger partial charge in [0.25, 0.3) is 5.91 Å². The molecule has 0 aliphatic carbocycles. The van der Waals surface area contributed by atoms with Crippen molar-refractivity contribution in [1.29, 1.82) is 0 Å². The van der Waals surface area contributed by atoms with Crippen molar-refractivity contribution < 1.29 is 14.4 Å². The zero-order valence-corrected chi connectivity index (χ0v) is 23.2. The Labute approximate surface area is 206 Å². The first kappa shape index (κ1) is 33.5. The minimum atomic E-state index is -0.406. The molecule has 2 atom stereocenters. The first-order valence-corrected chi connectivity index (χ1v) is 13.1. The fourth-order valence-electron chi connectivity index (χ4n) is 2.88. The minimum Gasteiger partial charge on any atom is -0.342 e. The molecular formula is C26H47N3O3S. The summed E-state index contributed by atoms with van der Waals surface area (Å²) in [6.45, 7) is 14.8. The van der Waals surface area contributed by atoms with Gasteiger partial charge >= 0.3 is 0 Å². The van der Waals surface area contributed by atoms with Crippen molar-refractivity contribution in [3.63, 3.8) is 0 Å². The van der Waals surface area contributed by atoms with E-state index in [1.807, 2.05) is 67.1 Å². The number of ketones is 1. The van der Waals surface area contributed by atoms with Crippen molar-refractivity contribution in [2.45, 2.75) is 73.5 Å². The van der Waals surface area contributed by atoms with E-state index in [0.717, 1.165) is 24.1 Å². The number of hydrogen-bond donors (Lipinski definition) is 3. The van der Waals surface area contributed by atoms with E-state index < -0.39 is 6.04 Å². The van der Waals surface area contributed by atoms with Crippen molar-refractivity contribution in [2.24, 2.45) is 11.3 Å². The Morgan fingerprint density at radius 3 is 1.94 bits per heavy atom. The van der Waals surface area contributed by atoms with Gasteiger partial charge in [-0.2, -0.15) is 11.8 Å². The molecule has 0 spiro atoms. The lowest BCUT2D eigenvalue weighted by Crippen LogP contribution is -2.44. The van der Waals surface area contributed by atoms with Crippen LogP contribution in [0.2, 0.25) is 0 Å². The standard InChI is InChI=1S/C14H20N2O2S.C10H21NO.C2H6/c1-15-9-11-3-5-12(6-4-11)14(18)16-13(10-17)7-8-19-2;1-7(2)8(11-6)9(12)10(3,4)5;1-2/h3-6,10,13,15H,7-9H2,1-2H3,(H,16,18);7-8,11H,1-6H3;1-2H3. The number of hydrogen-bond acceptors (Lipinski definition) is 6. The summed E-state index contributed by atoms with van der Waals surface area (Å²) in [7, 11) is 3.72. The normalized spacial score (nSPS) is 12.5. The Balaban J connectivity index is 0. The Morgan fingerprint density at radius 2 is 1.61 bits per heavy atom. The van der Waals surface area contributed by atoms with Crippen LogP contribution in [0.4, 0.5) is 0 Å². The smallest absolute Gasteiger partial charge is 0.251 e. The highest BCUT2D eigenvalue weighted by Gasteiger charge is 2.30. The van der Waals surface area contributed by atoms with Gasteiger partial charge in [-0.15, -0.1) is 0 Å². The predicted molar refractivity (Wildman–Crippen MR) is 143 cm³/mol. The predicted octanol–water partition coefficient (Wildman–Crippen LogP) is 4.33. The number of amides is 1. The molecule has 2 unspecified atom stereocenters. The van der Waals surface area contributed by atoms with Gasteiger partial charge in [-0.3, -0.25) is 9.59 Å². The number of carbonyl (C=O) groups excluding carboxylic acids is 3. The third kappa shape index (κ3) is 14.2. The number of carbonyl (C=O) groups is 3. The molecule has 1 aromatic rings. The minimum absolute atomic E-state index is 0.00926. The summed E-state index contributed by atoms with van der Waals surface area (Å²) in [6.07, 6.45) is 3.43. The van der Waals surface area contributed by atoms with Crippen LogP contribution in [0.15, 0.2) is 24.3 Å². The highest BCUT2D eigenvalue weighted by molar-refractivity contribution is 7.98. The van der Waals surface area contributed by atoms with Gasteiger partial charge in [-0.05, 0) is 56.1 Å². The van der Waals surface area contributed by atoms with Crippen molar-refractivity contribution in [3.8, 4) is 0 Å². The lowest BCUT2D eigenvalue weighted by Gasteiger charge is -2.26. The van der Waals surface area contributed by atoms with E-state index in [-0.39, 0.29) is 17.4 Å². The van der Waals surface area contributed by atoms with Crippen LogP contribution in [0.1, 0.15) is 70.8 Å². The number of aldehydes is 1. The Morgan fingerprint density at radius 1 is 1.06 bits per heavy atom. The second-order valence-corrected chi connectivity index (χ2v) is 9.83. The molecule has 1 amide bonds. The van der Waals surface area contributed by atoms with E-state index in [1.54, 1.807) is 23.9 Å². The highest BCUT2D eigenvalue weighted by atomic mass is 32.2. The number of nitrogens with one attached hydrogen (secondary N) is 3. The molecule has 0 saturated carbocycles. The molecule has 0 radical (unpaired) electrons. The highest BCUT2D eigenvalue weighted by Crippen LogP contribution is 2.19. The number of benzene rings is 1. The van der Waals surface area contributed by atoms with E-state index in [0.29, 0.717) is 23.7 Å². The molecule has 0 bridgehead atoms. The van der Waals surface area contributed by atoms with Gasteiger partial charge in [0.15, 0.2) is 5.78 Å². The van der Waals surface area contributed by atoms with Gasteiger partial charge in [0, 0.05) is 17.5 Å². The summed E-state index contributed by atoms with van der Waals surface area (Å²) in [5.74, 6) is 1.31. The summed E-state index contributed by atoms with van der Waals surface area (Å²) < 4.78 is 0. The second-order valence-electron chi connectivity index (χ2n) is 8.85. The first-order valence-electron chi connectivity index (χ1n) is 11.7. The van der Waals surface area contributed by atoms with Crippen LogP contribution in [0.3, 0.4) is 0 Å². The molecule has 0 aliphatic heterocycles. The maximum atomic E-state index is 12.0. The molecule has 0 aliphatic rings. The van der Waals surface area contributed by atoms with Crippen molar-refractivity contribution >= 4 is 29.7 Å². The molecule has 0 aromatic heterocycles. The zero-order chi connectivity index (χ0) is 26.0. The average molecular weight is 482 g/mol. The number of thioether (sulfide) groups is 1. The second kappa shape index (κ2) is 18.7. The lowest BCUT2D eigenvalue weighted by molar-refractivity contribution is -0.129. The van der Waals surface area contributed by atoms with Crippen molar-refractivity contribution in [3.05, 3.63) is 35.4 Å².